The molecule has 1 aliphatic rings. The van der Waals surface area contributed by atoms with Gasteiger partial charge in [-0.05, 0) is 30.6 Å². The van der Waals surface area contributed by atoms with Crippen LogP contribution in [0.15, 0.2) is 4.99 Å². The van der Waals surface area contributed by atoms with E-state index in [0.29, 0.717) is 11.6 Å². The van der Waals surface area contributed by atoms with Crippen LogP contribution in [0.2, 0.25) is 0 Å². The maximum Gasteiger partial charge on any atom is 1.00 e. The van der Waals surface area contributed by atoms with E-state index in [1.54, 1.807) is 0 Å². The van der Waals surface area contributed by atoms with E-state index >= 15 is 0 Å². The van der Waals surface area contributed by atoms with Crippen LogP contribution >= 0.6 is 19.3 Å². The molecule has 0 radical (unpaired) electrons. The Bertz CT molecular complexity index is 289. The van der Waals surface area contributed by atoms with Gasteiger partial charge in [0.1, 0.15) is 5.84 Å². The molecule has 0 aromatic rings. The van der Waals surface area contributed by atoms with E-state index in [1.807, 2.05) is 0 Å². The van der Waals surface area contributed by atoms with Gasteiger partial charge in [-0.15, -0.1) is 0 Å². The van der Waals surface area contributed by atoms with E-state index in [2.05, 4.69) is 29.4 Å². The summed E-state index contributed by atoms with van der Waals surface area (Å²) < 4.78 is 0. The molecule has 0 unspecified atom stereocenters. The molecule has 0 saturated heterocycles. The van der Waals surface area contributed by atoms with Gasteiger partial charge in [-0.1, -0.05) is 25.7 Å². The molecule has 116 valence electrons. The minimum Gasteiger partial charge on any atom is -0.412 e. The van der Waals surface area contributed by atoms with Crippen LogP contribution in [0.5, 0.6) is 0 Å². The standard InChI is InChI=1S/C10H20N2S.Na.H3O3PS.H2O/c11-10(8-13)12-7-9-5-3-1-2-4-6-9;;1-4(2,3)5;/h9,13H,1-8H2,(H2,11,12);;(H3,1,2,3,5);1H2/q;+1;;. The molecule has 20 heavy (non-hydrogen) atoms. The van der Waals surface area contributed by atoms with E-state index in [-0.39, 0.29) is 35.0 Å². The molecule has 1 aliphatic carbocycles. The van der Waals surface area contributed by atoms with Gasteiger partial charge in [0.05, 0.1) is 0 Å². The average Bonchev–Trinajstić information content (AvgIpc) is 2.51. The average molecular weight is 355 g/mol. The summed E-state index contributed by atoms with van der Waals surface area (Å²) in [6, 6.07) is 0. The Hall–Kier alpha value is 1.31. The fourth-order valence-electron chi connectivity index (χ4n) is 1.84. The topological polar surface area (TPSA) is 131 Å². The zero-order valence-electron chi connectivity index (χ0n) is 11.9. The van der Waals surface area contributed by atoms with Crippen LogP contribution in [0.1, 0.15) is 38.5 Å². The van der Waals surface area contributed by atoms with Gasteiger partial charge in [-0.3, -0.25) is 4.99 Å². The van der Waals surface area contributed by atoms with Gasteiger partial charge in [-0.2, -0.15) is 12.6 Å². The summed E-state index contributed by atoms with van der Waals surface area (Å²) in [6.45, 7) is -2.88. The number of amidine groups is 1. The molecule has 0 aliphatic heterocycles. The second-order valence-corrected chi connectivity index (χ2v) is 7.17. The fourth-order valence-corrected chi connectivity index (χ4v) is 1.94. The Morgan fingerprint density at radius 3 is 1.95 bits per heavy atom. The van der Waals surface area contributed by atoms with Gasteiger partial charge in [-0.25, -0.2) is 0 Å². The second-order valence-electron chi connectivity index (χ2n) is 4.36. The first-order valence-electron chi connectivity index (χ1n) is 6.01. The minimum atomic E-state index is -3.81. The van der Waals surface area contributed by atoms with Crippen molar-refractivity contribution in [2.45, 2.75) is 38.5 Å². The summed E-state index contributed by atoms with van der Waals surface area (Å²) in [5.41, 5.74) is 5.60. The van der Waals surface area contributed by atoms with Crippen LogP contribution in [0.4, 0.5) is 0 Å². The zero-order valence-corrected chi connectivity index (χ0v) is 16.5. The van der Waals surface area contributed by atoms with Crippen LogP contribution in [0, 0.1) is 5.92 Å². The molecule has 10 heteroatoms. The van der Waals surface area contributed by atoms with Crippen molar-refractivity contribution < 1.29 is 49.7 Å². The summed E-state index contributed by atoms with van der Waals surface area (Å²) in [4.78, 5) is 27.0. The van der Waals surface area contributed by atoms with Gasteiger partial charge in [0.25, 0.3) is 0 Å². The minimum absolute atomic E-state index is 0. The molecule has 0 aromatic carbocycles. The predicted octanol–water partition coefficient (Wildman–Crippen LogP) is -2.39. The Morgan fingerprint density at radius 1 is 1.20 bits per heavy atom. The Kier molecular flexibility index (Phi) is 19.9. The molecule has 7 N–H and O–H groups in total. The first kappa shape index (κ1) is 26.2. The van der Waals surface area contributed by atoms with Crippen LogP contribution in [0.25, 0.3) is 0 Å². The molecule has 1 fully saturated rings. The van der Waals surface area contributed by atoms with Crippen molar-refractivity contribution in [3.63, 3.8) is 0 Å². The Labute approximate surface area is 153 Å². The monoisotopic (exact) mass is 355 g/mol. The number of thiol groups is 1. The predicted molar refractivity (Wildman–Crippen MR) is 86.1 cm³/mol. The van der Waals surface area contributed by atoms with Crippen molar-refractivity contribution in [1.29, 1.82) is 0 Å². The first-order chi connectivity index (χ1) is 8.33. The van der Waals surface area contributed by atoms with Gasteiger partial charge in [0.2, 0.25) is 0 Å². The third-order valence-corrected chi connectivity index (χ3v) is 3.01. The van der Waals surface area contributed by atoms with Crippen LogP contribution < -0.4 is 35.3 Å². The number of aliphatic imine (C=N–C) groups is 1. The number of hydrogen-bond donors (Lipinski definition) is 5. The third-order valence-electron chi connectivity index (χ3n) is 2.69. The van der Waals surface area contributed by atoms with Crippen molar-refractivity contribution in [2.24, 2.45) is 16.6 Å². The molecule has 0 spiro atoms. The first-order valence-corrected chi connectivity index (χ1v) is 9.30. The zero-order chi connectivity index (χ0) is 14.0. The van der Waals surface area contributed by atoms with E-state index in [9.17, 15) is 0 Å². The van der Waals surface area contributed by atoms with E-state index < -0.39 is 6.72 Å². The normalized spacial score (nSPS) is 16.9. The quantitative estimate of drug-likeness (QED) is 0.0963. The summed E-state index contributed by atoms with van der Waals surface area (Å²) in [7, 11) is 0. The molecule has 6 nitrogen and oxygen atoms in total. The summed E-state index contributed by atoms with van der Waals surface area (Å²) >= 11 is 7.68. The second kappa shape index (κ2) is 15.2. The maximum absolute atomic E-state index is 7.56. The fraction of sp³-hybridized carbons (Fsp3) is 0.900. The molecular weight excluding hydrogens is 330 g/mol. The van der Waals surface area contributed by atoms with Crippen molar-refractivity contribution in [1.82, 2.24) is 0 Å². The van der Waals surface area contributed by atoms with E-state index in [1.165, 1.54) is 38.5 Å². The van der Waals surface area contributed by atoms with Crippen LogP contribution in [-0.4, -0.2) is 38.3 Å². The summed E-state index contributed by atoms with van der Waals surface area (Å²) in [5.74, 6) is 2.06. The van der Waals surface area contributed by atoms with Gasteiger partial charge in [0.15, 0.2) is 0 Å². The largest absolute Gasteiger partial charge is 1.00 e. The van der Waals surface area contributed by atoms with Crippen molar-refractivity contribution >= 4 is 37.0 Å². The van der Waals surface area contributed by atoms with Crippen molar-refractivity contribution in [3.05, 3.63) is 0 Å². The smallest absolute Gasteiger partial charge is 0.412 e. The van der Waals surface area contributed by atoms with Crippen LogP contribution in [0.3, 0.4) is 0 Å². The van der Waals surface area contributed by atoms with Gasteiger partial charge in [0, 0.05) is 12.3 Å². The number of rotatable bonds is 3. The molecule has 1 saturated carbocycles. The molecule has 0 aromatic heterocycles. The summed E-state index contributed by atoms with van der Waals surface area (Å²) in [5, 5.41) is 0. The molecule has 0 atom stereocenters. The molecular formula is C10H25N2NaO4PS2+. The van der Waals surface area contributed by atoms with Gasteiger partial charge >= 0.3 is 36.3 Å². The van der Waals surface area contributed by atoms with E-state index in [0.717, 1.165) is 12.5 Å². The number of nitrogens with two attached hydrogens (primary N) is 1. The van der Waals surface area contributed by atoms with E-state index in [4.69, 9.17) is 20.4 Å². The van der Waals surface area contributed by atoms with Crippen LogP contribution in [-0.2, 0) is 11.8 Å². The third kappa shape index (κ3) is 21.6. The van der Waals surface area contributed by atoms with Crippen molar-refractivity contribution in [2.75, 3.05) is 12.3 Å². The van der Waals surface area contributed by atoms with Gasteiger partial charge < -0.3 is 25.9 Å². The summed E-state index contributed by atoms with van der Waals surface area (Å²) in [6.07, 6.45) is 8.24. The maximum atomic E-state index is 7.56. The molecule has 1 rings (SSSR count). The molecule has 0 heterocycles. The van der Waals surface area contributed by atoms with Crippen molar-refractivity contribution in [3.8, 4) is 0 Å². The number of nitrogens with zero attached hydrogens (tertiary/aromatic N) is 1. The molecule has 0 amide bonds. The Morgan fingerprint density at radius 2 is 1.60 bits per heavy atom. The Balaban J connectivity index is -0.000000361. The number of hydrogen-bond acceptors (Lipinski definition) is 3. The molecule has 0 bridgehead atoms. The SMILES string of the molecule is NC(CS)=NCC1CCCCCC1.O.OP(O)(O)=S.[Na+].